The maximum atomic E-state index is 2.91. The Hall–Kier alpha value is -6.78. The minimum absolute atomic E-state index is 0.00598. The van der Waals surface area contributed by atoms with Gasteiger partial charge in [0.25, 0.3) is 6.71 Å². The number of anilines is 8. The third-order valence-electron chi connectivity index (χ3n) is 25.9. The average molecular weight is 1210 g/mol. The van der Waals surface area contributed by atoms with Crippen molar-refractivity contribution in [1.82, 2.24) is 0 Å². The molecule has 2 atom stereocenters. The Morgan fingerprint density at radius 3 is 1.49 bits per heavy atom. The molecule has 8 aromatic carbocycles. The molecule has 7 aliphatic rings. The van der Waals surface area contributed by atoms with Crippen molar-refractivity contribution in [3.63, 3.8) is 0 Å². The number of fused-ring (bicyclic) bond motifs is 11. The summed E-state index contributed by atoms with van der Waals surface area (Å²) in [6, 6.07) is 55.1. The fourth-order valence-corrected chi connectivity index (χ4v) is 19.9. The van der Waals surface area contributed by atoms with Crippen molar-refractivity contribution in [2.45, 2.75) is 258 Å². The molecule has 0 aromatic heterocycles. The summed E-state index contributed by atoms with van der Waals surface area (Å²) < 4.78 is 0. The van der Waals surface area contributed by atoms with Crippen molar-refractivity contribution in [1.29, 1.82) is 0 Å². The molecule has 0 amide bonds. The van der Waals surface area contributed by atoms with E-state index < -0.39 is 0 Å². The van der Waals surface area contributed by atoms with Gasteiger partial charge < -0.3 is 14.7 Å². The van der Waals surface area contributed by atoms with E-state index in [-0.39, 0.29) is 61.0 Å². The Kier molecular flexibility index (Phi) is 13.0. The van der Waals surface area contributed by atoms with Gasteiger partial charge in [-0.25, -0.2) is 0 Å². The van der Waals surface area contributed by atoms with Crippen molar-refractivity contribution in [3.8, 4) is 11.1 Å². The van der Waals surface area contributed by atoms with Gasteiger partial charge in [-0.15, -0.1) is 0 Å². The van der Waals surface area contributed by atoms with Gasteiger partial charge in [0.05, 0.1) is 16.9 Å². The largest absolute Gasteiger partial charge is 0.334 e. The van der Waals surface area contributed by atoms with E-state index in [1.54, 1.807) is 5.56 Å². The van der Waals surface area contributed by atoms with Gasteiger partial charge >= 0.3 is 0 Å². The molecule has 4 aliphatic carbocycles. The first-order valence-electron chi connectivity index (χ1n) is 35.5. The van der Waals surface area contributed by atoms with Gasteiger partial charge in [-0.1, -0.05) is 235 Å². The van der Waals surface area contributed by atoms with Crippen LogP contribution < -0.4 is 31.1 Å². The molecule has 4 heteroatoms. The normalized spacial score (nSPS) is 22.8. The lowest BCUT2D eigenvalue weighted by atomic mass is 9.32. The zero-order valence-electron chi connectivity index (χ0n) is 60.3. The maximum Gasteiger partial charge on any atom is 0.252 e. The Morgan fingerprint density at radius 1 is 0.391 bits per heavy atom. The average Bonchev–Trinajstić information content (AvgIpc) is 0.964. The molecule has 3 aliphatic heterocycles. The molecule has 0 N–H and O–H groups in total. The molecule has 0 radical (unpaired) electrons. The monoisotopic (exact) mass is 1210 g/mol. The fraction of sp³-hybridized carbons (Fsp3) is 0.455. The highest BCUT2D eigenvalue weighted by molar-refractivity contribution is 7.00. The second kappa shape index (κ2) is 19.4. The highest BCUT2D eigenvalue weighted by Gasteiger charge is 2.59. The summed E-state index contributed by atoms with van der Waals surface area (Å²) >= 11 is 0. The summed E-state index contributed by atoms with van der Waals surface area (Å²) in [5.41, 5.74) is 35.2. The van der Waals surface area contributed by atoms with Gasteiger partial charge in [-0.3, -0.25) is 0 Å². The zero-order valence-corrected chi connectivity index (χ0v) is 60.3. The number of hydrogen-bond acceptors (Lipinski definition) is 3. The smallest absolute Gasteiger partial charge is 0.252 e. The summed E-state index contributed by atoms with van der Waals surface area (Å²) in [6.07, 6.45) is 9.37. The molecule has 0 bridgehead atoms. The lowest BCUT2D eigenvalue weighted by Gasteiger charge is -2.52. The Bertz CT molecular complexity index is 4450. The van der Waals surface area contributed by atoms with Crippen LogP contribution in [-0.4, -0.2) is 12.3 Å². The molecule has 0 saturated heterocycles. The van der Waals surface area contributed by atoms with Crippen LogP contribution in [0.25, 0.3) is 11.1 Å². The van der Waals surface area contributed by atoms with Gasteiger partial charge in [-0.05, 0) is 229 Å². The molecule has 474 valence electrons. The fourth-order valence-electron chi connectivity index (χ4n) is 19.9. The second-order valence-corrected chi connectivity index (χ2v) is 36.3. The summed E-state index contributed by atoms with van der Waals surface area (Å²) in [5, 5.41) is 0. The maximum absolute atomic E-state index is 2.91. The van der Waals surface area contributed by atoms with Crippen LogP contribution in [0.3, 0.4) is 0 Å². The molecule has 0 spiro atoms. The van der Waals surface area contributed by atoms with E-state index in [9.17, 15) is 0 Å². The van der Waals surface area contributed by atoms with E-state index in [1.165, 1.54) is 159 Å². The molecule has 92 heavy (non-hydrogen) atoms. The van der Waals surface area contributed by atoms with E-state index >= 15 is 0 Å². The van der Waals surface area contributed by atoms with Gasteiger partial charge in [0.2, 0.25) is 0 Å². The molecule has 8 aromatic rings. The molecule has 2 unspecified atom stereocenters. The van der Waals surface area contributed by atoms with Crippen LogP contribution in [0, 0.1) is 13.8 Å². The lowest BCUT2D eigenvalue weighted by molar-refractivity contribution is 0.195. The molecule has 1 fully saturated rings. The predicted octanol–water partition coefficient (Wildman–Crippen LogP) is 22.1. The van der Waals surface area contributed by atoms with Crippen LogP contribution in [0.1, 0.15) is 262 Å². The number of rotatable bonds is 4. The first kappa shape index (κ1) is 61.4. The summed E-state index contributed by atoms with van der Waals surface area (Å²) in [6.45, 7) is 54.8. The number of nitrogens with zero attached hydrogens (tertiary/aromatic N) is 3. The summed E-state index contributed by atoms with van der Waals surface area (Å²) in [4.78, 5) is 8.62. The minimum Gasteiger partial charge on any atom is -0.334 e. The van der Waals surface area contributed by atoms with Crippen molar-refractivity contribution in [2.24, 2.45) is 0 Å². The standard InChI is InChI=1S/C88H104BN3/c1-53-44-67-76(84(15,16)43-42-83(67,13)14)54(2)78(53)91-73-51-63-62(81(9,10)40-41-82(63,11)12)49-68(73)89-69-50-64-65(86(19,20)61-33-27-26-32-60(61)85(64,17)18)52-72(69)90(70-36-34-56(79(3,4)5)45-59(70)55-30-24-23-25-31-55)74-47-58(48-75(91)77(74)89)92-71-37-35-57(80(6,7)8)46-66(71)87(21)38-28-29-39-88(87,92)22/h23-27,30-37,44-52H,28-29,38-43H2,1-22H3. The van der Waals surface area contributed by atoms with Gasteiger partial charge in [0, 0.05) is 55.9 Å². The van der Waals surface area contributed by atoms with E-state index in [0.29, 0.717) is 0 Å². The predicted molar refractivity (Wildman–Crippen MR) is 397 cm³/mol. The van der Waals surface area contributed by atoms with E-state index in [2.05, 4.69) is 300 Å². The Balaban J connectivity index is 1.15. The van der Waals surface area contributed by atoms with E-state index in [0.717, 1.165) is 32.1 Å². The van der Waals surface area contributed by atoms with Gasteiger partial charge in [-0.2, -0.15) is 0 Å². The van der Waals surface area contributed by atoms with E-state index in [4.69, 9.17) is 0 Å². The summed E-state index contributed by atoms with van der Waals surface area (Å²) in [7, 11) is 0. The summed E-state index contributed by atoms with van der Waals surface area (Å²) in [5.74, 6) is 0. The van der Waals surface area contributed by atoms with E-state index in [1.807, 2.05) is 0 Å². The number of benzene rings is 8. The first-order chi connectivity index (χ1) is 42.9. The highest BCUT2D eigenvalue weighted by atomic mass is 15.3. The molecule has 1 saturated carbocycles. The Labute approximate surface area is 554 Å². The lowest BCUT2D eigenvalue weighted by Crippen LogP contribution is -2.62. The van der Waals surface area contributed by atoms with Crippen LogP contribution in [0.2, 0.25) is 0 Å². The first-order valence-corrected chi connectivity index (χ1v) is 35.5. The van der Waals surface area contributed by atoms with Crippen LogP contribution >= 0.6 is 0 Å². The molecule has 3 heterocycles. The van der Waals surface area contributed by atoms with Crippen molar-refractivity contribution in [2.75, 3.05) is 14.7 Å². The molecular weight excluding hydrogens is 1110 g/mol. The van der Waals surface area contributed by atoms with Crippen LogP contribution in [-0.2, 0) is 48.7 Å². The second-order valence-electron chi connectivity index (χ2n) is 36.3. The molecular formula is C88H104BN3. The topological polar surface area (TPSA) is 9.72 Å². The van der Waals surface area contributed by atoms with Gasteiger partial charge in [0.1, 0.15) is 0 Å². The highest BCUT2D eigenvalue weighted by Crippen LogP contribution is 2.64. The molecule has 3 nitrogen and oxygen atoms in total. The quantitative estimate of drug-likeness (QED) is 0.163. The van der Waals surface area contributed by atoms with Gasteiger partial charge in [0.15, 0.2) is 0 Å². The molecule has 15 rings (SSSR count). The third kappa shape index (κ3) is 8.44. The van der Waals surface area contributed by atoms with Crippen LogP contribution in [0.4, 0.5) is 45.5 Å². The zero-order chi connectivity index (χ0) is 65.5. The third-order valence-corrected chi connectivity index (χ3v) is 25.9. The SMILES string of the molecule is Cc1cc2c(c(C)c1N1c3cc4c(cc3B3c5cc6c(cc5N(c5ccc(C(C)(C)C)cc5-c5ccccc5)c5cc(N7c8ccc(C(C)(C)C)cc8C8(C)CCCCC78C)cc1c53)C(C)(C)c1ccccc1C6(C)C)C(C)(C)CCC4(C)C)C(C)(C)CCC2(C)C. The van der Waals surface area contributed by atoms with Crippen LogP contribution in [0.5, 0.6) is 0 Å². The van der Waals surface area contributed by atoms with Crippen LogP contribution in [0.15, 0.2) is 133 Å². The van der Waals surface area contributed by atoms with Crippen molar-refractivity contribution in [3.05, 3.63) is 206 Å². The number of hydrogen-bond donors (Lipinski definition) is 0. The minimum atomic E-state index is -0.279. The van der Waals surface area contributed by atoms with Crippen molar-refractivity contribution < 1.29 is 0 Å². The number of aryl methyl sites for hydroxylation is 1. The van der Waals surface area contributed by atoms with Crippen molar-refractivity contribution >= 4 is 68.6 Å². The Morgan fingerprint density at radius 2 is 0.880 bits per heavy atom.